The molecule has 0 spiro atoms. The third kappa shape index (κ3) is 1.88. The van der Waals surface area contributed by atoms with E-state index in [1.54, 1.807) is 4.90 Å². The number of thiophene rings is 1. The lowest BCUT2D eigenvalue weighted by atomic mass is 10.4. The Bertz CT molecular complexity index is 600. The van der Waals surface area contributed by atoms with Crippen LogP contribution in [0.25, 0.3) is 10.2 Å². The van der Waals surface area contributed by atoms with Crippen molar-refractivity contribution in [2.24, 2.45) is 0 Å². The Balaban J connectivity index is 2.16. The SMILES string of the molecule is O=C1CC(Cl)CN1c1nc(Cl)nc2ccsc12. The third-order valence-electron chi connectivity index (χ3n) is 2.59. The van der Waals surface area contributed by atoms with Crippen LogP contribution in [-0.2, 0) is 4.79 Å². The first kappa shape index (κ1) is 11.2. The van der Waals surface area contributed by atoms with E-state index in [-0.39, 0.29) is 16.6 Å². The molecule has 3 rings (SSSR count). The molecule has 7 heteroatoms. The Labute approximate surface area is 111 Å². The van der Waals surface area contributed by atoms with Gasteiger partial charge in [0.05, 0.1) is 15.6 Å². The first-order valence-electron chi connectivity index (χ1n) is 5.00. The summed E-state index contributed by atoms with van der Waals surface area (Å²) in [5.74, 6) is 0.553. The second-order valence-electron chi connectivity index (χ2n) is 3.76. The number of alkyl halides is 1. The largest absolute Gasteiger partial charge is 0.294 e. The molecule has 3 heterocycles. The van der Waals surface area contributed by atoms with Gasteiger partial charge in [0, 0.05) is 13.0 Å². The summed E-state index contributed by atoms with van der Waals surface area (Å²) >= 11 is 13.3. The van der Waals surface area contributed by atoms with Crippen molar-refractivity contribution in [2.75, 3.05) is 11.4 Å². The third-order valence-corrected chi connectivity index (χ3v) is 3.95. The molecular weight excluding hydrogens is 281 g/mol. The topological polar surface area (TPSA) is 46.1 Å². The van der Waals surface area contributed by atoms with Crippen LogP contribution >= 0.6 is 34.5 Å². The number of amides is 1. The van der Waals surface area contributed by atoms with Crippen molar-refractivity contribution in [3.63, 3.8) is 0 Å². The average Bonchev–Trinajstić information content (AvgIpc) is 2.83. The first-order valence-corrected chi connectivity index (χ1v) is 6.70. The Kier molecular flexibility index (Phi) is 2.69. The Morgan fingerprint density at radius 3 is 3.00 bits per heavy atom. The van der Waals surface area contributed by atoms with E-state index >= 15 is 0 Å². The Morgan fingerprint density at radius 1 is 1.47 bits per heavy atom. The number of aromatic nitrogens is 2. The van der Waals surface area contributed by atoms with Crippen LogP contribution in [-0.4, -0.2) is 27.8 Å². The van der Waals surface area contributed by atoms with Gasteiger partial charge in [-0.25, -0.2) is 4.98 Å². The van der Waals surface area contributed by atoms with Crippen molar-refractivity contribution < 1.29 is 4.79 Å². The zero-order chi connectivity index (χ0) is 12.0. The predicted molar refractivity (Wildman–Crippen MR) is 69.0 cm³/mol. The van der Waals surface area contributed by atoms with Crippen LogP contribution in [0.2, 0.25) is 5.28 Å². The maximum atomic E-state index is 11.8. The monoisotopic (exact) mass is 287 g/mol. The highest BCUT2D eigenvalue weighted by Crippen LogP contribution is 2.33. The molecule has 1 unspecified atom stereocenters. The summed E-state index contributed by atoms with van der Waals surface area (Å²) in [6, 6.07) is 1.86. The molecule has 1 aliphatic heterocycles. The molecule has 2 aromatic rings. The molecule has 1 aliphatic rings. The normalized spacial score (nSPS) is 20.5. The van der Waals surface area contributed by atoms with Gasteiger partial charge >= 0.3 is 0 Å². The minimum absolute atomic E-state index is 0.0190. The minimum atomic E-state index is -0.161. The molecule has 0 N–H and O–H groups in total. The van der Waals surface area contributed by atoms with Crippen LogP contribution in [0.15, 0.2) is 11.4 Å². The lowest BCUT2D eigenvalue weighted by Gasteiger charge is -2.15. The second-order valence-corrected chi connectivity index (χ2v) is 5.63. The van der Waals surface area contributed by atoms with Crippen molar-refractivity contribution in [3.05, 3.63) is 16.7 Å². The molecule has 1 fully saturated rings. The fraction of sp³-hybridized carbons (Fsp3) is 0.300. The van der Waals surface area contributed by atoms with E-state index in [9.17, 15) is 4.79 Å². The first-order chi connectivity index (χ1) is 8.15. The van der Waals surface area contributed by atoms with Gasteiger partial charge in [0.1, 0.15) is 0 Å². The molecule has 1 atom stereocenters. The molecule has 0 saturated carbocycles. The molecule has 0 radical (unpaired) electrons. The average molecular weight is 288 g/mol. The number of nitrogens with zero attached hydrogens (tertiary/aromatic N) is 3. The summed E-state index contributed by atoms with van der Waals surface area (Å²) in [5.41, 5.74) is 0.760. The van der Waals surface area contributed by atoms with E-state index in [2.05, 4.69) is 9.97 Å². The van der Waals surface area contributed by atoms with Crippen LogP contribution in [0, 0.1) is 0 Å². The highest BCUT2D eigenvalue weighted by molar-refractivity contribution is 7.17. The van der Waals surface area contributed by atoms with Gasteiger partial charge in [0.2, 0.25) is 11.2 Å². The number of hydrogen-bond acceptors (Lipinski definition) is 4. The summed E-state index contributed by atoms with van der Waals surface area (Å²) in [6.45, 7) is 0.473. The van der Waals surface area contributed by atoms with Gasteiger partial charge < -0.3 is 0 Å². The van der Waals surface area contributed by atoms with Crippen molar-refractivity contribution in [1.82, 2.24) is 9.97 Å². The fourth-order valence-corrected chi connectivity index (χ4v) is 3.14. The number of carbonyl (C=O) groups is 1. The van der Waals surface area contributed by atoms with Gasteiger partial charge in [-0.15, -0.1) is 22.9 Å². The maximum absolute atomic E-state index is 11.8. The minimum Gasteiger partial charge on any atom is -0.294 e. The number of carbonyl (C=O) groups excluding carboxylic acids is 1. The highest BCUT2D eigenvalue weighted by atomic mass is 35.5. The maximum Gasteiger partial charge on any atom is 0.229 e. The van der Waals surface area contributed by atoms with Crippen LogP contribution in [0.4, 0.5) is 5.82 Å². The second kappa shape index (κ2) is 4.08. The van der Waals surface area contributed by atoms with Gasteiger partial charge in [-0.2, -0.15) is 4.98 Å². The lowest BCUT2D eigenvalue weighted by molar-refractivity contribution is -0.117. The Morgan fingerprint density at radius 2 is 2.29 bits per heavy atom. The summed E-state index contributed by atoms with van der Waals surface area (Å²) in [7, 11) is 0. The van der Waals surface area contributed by atoms with Gasteiger partial charge in [-0.3, -0.25) is 9.69 Å². The van der Waals surface area contributed by atoms with Crippen LogP contribution in [0.3, 0.4) is 0 Å². The smallest absolute Gasteiger partial charge is 0.229 e. The van der Waals surface area contributed by atoms with Gasteiger partial charge in [-0.1, -0.05) is 0 Å². The molecule has 2 aromatic heterocycles. The summed E-state index contributed by atoms with van der Waals surface area (Å²) in [5, 5.41) is 1.89. The molecule has 1 saturated heterocycles. The molecule has 0 aromatic carbocycles. The number of rotatable bonds is 1. The molecular formula is C10H7Cl2N3OS. The van der Waals surface area contributed by atoms with Crippen LogP contribution < -0.4 is 4.90 Å². The van der Waals surface area contributed by atoms with Crippen molar-refractivity contribution in [2.45, 2.75) is 11.8 Å². The number of halogens is 2. The van der Waals surface area contributed by atoms with E-state index in [0.29, 0.717) is 18.8 Å². The molecule has 0 bridgehead atoms. The predicted octanol–water partition coefficient (Wildman–Crippen LogP) is 2.69. The van der Waals surface area contributed by atoms with E-state index in [0.717, 1.165) is 10.2 Å². The summed E-state index contributed by atoms with van der Waals surface area (Å²) < 4.78 is 0.869. The lowest BCUT2D eigenvalue weighted by Crippen LogP contribution is -2.25. The quantitative estimate of drug-likeness (QED) is 0.598. The standard InChI is InChI=1S/C10H7Cl2N3OS/c11-5-3-7(16)15(4-5)9-8-6(1-2-17-8)13-10(12)14-9/h1-2,5H,3-4H2. The van der Waals surface area contributed by atoms with Crippen molar-refractivity contribution >= 4 is 56.5 Å². The molecule has 1 amide bonds. The zero-order valence-electron chi connectivity index (χ0n) is 8.56. The molecule has 0 aliphatic carbocycles. The number of anilines is 1. The number of fused-ring (bicyclic) bond motifs is 1. The van der Waals surface area contributed by atoms with Gasteiger partial charge in [-0.05, 0) is 23.0 Å². The van der Waals surface area contributed by atoms with Crippen LogP contribution in [0.1, 0.15) is 6.42 Å². The van der Waals surface area contributed by atoms with E-state index in [1.165, 1.54) is 11.3 Å². The molecule has 17 heavy (non-hydrogen) atoms. The summed E-state index contributed by atoms with van der Waals surface area (Å²) in [4.78, 5) is 21.6. The zero-order valence-corrected chi connectivity index (χ0v) is 10.9. The summed E-state index contributed by atoms with van der Waals surface area (Å²) in [6.07, 6.45) is 0.343. The van der Waals surface area contributed by atoms with E-state index < -0.39 is 0 Å². The molecule has 4 nitrogen and oxygen atoms in total. The Hall–Kier alpha value is -0.910. The van der Waals surface area contributed by atoms with E-state index in [4.69, 9.17) is 23.2 Å². The van der Waals surface area contributed by atoms with E-state index in [1.807, 2.05) is 11.4 Å². The van der Waals surface area contributed by atoms with Gasteiger partial charge in [0.15, 0.2) is 5.82 Å². The van der Waals surface area contributed by atoms with Crippen LogP contribution in [0.5, 0.6) is 0 Å². The highest BCUT2D eigenvalue weighted by Gasteiger charge is 2.31. The fourth-order valence-electron chi connectivity index (χ4n) is 1.87. The number of hydrogen-bond donors (Lipinski definition) is 0. The van der Waals surface area contributed by atoms with Gasteiger partial charge in [0.25, 0.3) is 0 Å². The van der Waals surface area contributed by atoms with Crippen molar-refractivity contribution in [3.8, 4) is 0 Å². The van der Waals surface area contributed by atoms with Crippen molar-refractivity contribution in [1.29, 1.82) is 0 Å². The molecule has 88 valence electrons.